The SMILES string of the molecule is CN(C(C)(C)C)C(C)(C)CCOC(C)(C)C. The summed E-state index contributed by atoms with van der Waals surface area (Å²) in [5.41, 5.74) is 0.338. The molecule has 16 heavy (non-hydrogen) atoms. The molecule has 0 radical (unpaired) electrons. The molecule has 0 N–H and O–H groups in total. The summed E-state index contributed by atoms with van der Waals surface area (Å²) in [6.45, 7) is 18.4. The van der Waals surface area contributed by atoms with E-state index in [9.17, 15) is 0 Å². The van der Waals surface area contributed by atoms with Gasteiger partial charge in [-0.2, -0.15) is 0 Å². The Morgan fingerprint density at radius 2 is 1.31 bits per heavy atom. The van der Waals surface area contributed by atoms with E-state index >= 15 is 0 Å². The maximum Gasteiger partial charge on any atom is 0.0598 e. The van der Waals surface area contributed by atoms with E-state index in [-0.39, 0.29) is 16.7 Å². The maximum absolute atomic E-state index is 5.80. The van der Waals surface area contributed by atoms with Crippen molar-refractivity contribution in [3.05, 3.63) is 0 Å². The van der Waals surface area contributed by atoms with E-state index in [2.05, 4.69) is 67.3 Å². The van der Waals surface area contributed by atoms with Gasteiger partial charge in [-0.25, -0.2) is 0 Å². The summed E-state index contributed by atoms with van der Waals surface area (Å²) >= 11 is 0. The standard InChI is InChI=1S/C14H31NO/c1-12(2,3)15(9)14(7,8)10-11-16-13(4,5)6/h10-11H2,1-9H3. The molecule has 0 aliphatic heterocycles. The van der Waals surface area contributed by atoms with Crippen molar-refractivity contribution in [3.63, 3.8) is 0 Å². The predicted octanol–water partition coefficient (Wildman–Crippen LogP) is 3.70. The summed E-state index contributed by atoms with van der Waals surface area (Å²) in [4.78, 5) is 2.42. The highest BCUT2D eigenvalue weighted by atomic mass is 16.5. The highest BCUT2D eigenvalue weighted by Crippen LogP contribution is 2.26. The molecule has 0 spiro atoms. The van der Waals surface area contributed by atoms with Gasteiger partial charge in [0.25, 0.3) is 0 Å². The predicted molar refractivity (Wildman–Crippen MR) is 71.9 cm³/mol. The van der Waals surface area contributed by atoms with Crippen LogP contribution in [0.15, 0.2) is 0 Å². The molecular formula is C14H31NO. The van der Waals surface area contributed by atoms with E-state index in [1.807, 2.05) is 0 Å². The van der Waals surface area contributed by atoms with Crippen LogP contribution in [0, 0.1) is 0 Å². The van der Waals surface area contributed by atoms with E-state index in [0.717, 1.165) is 13.0 Å². The van der Waals surface area contributed by atoms with E-state index in [1.54, 1.807) is 0 Å². The number of rotatable bonds is 4. The Labute approximate surface area is 102 Å². The molecule has 0 bridgehead atoms. The molecule has 0 saturated carbocycles. The largest absolute Gasteiger partial charge is 0.376 e. The molecule has 98 valence electrons. The topological polar surface area (TPSA) is 12.5 Å². The Balaban J connectivity index is 4.25. The van der Waals surface area contributed by atoms with Gasteiger partial charge in [0.15, 0.2) is 0 Å². The molecule has 0 aliphatic rings. The number of hydrogen-bond donors (Lipinski definition) is 0. The van der Waals surface area contributed by atoms with Gasteiger partial charge in [0.1, 0.15) is 0 Å². The molecule has 0 heterocycles. The van der Waals surface area contributed by atoms with Crippen molar-refractivity contribution in [1.29, 1.82) is 0 Å². The Bertz CT molecular complexity index is 208. The van der Waals surface area contributed by atoms with Crippen molar-refractivity contribution < 1.29 is 4.74 Å². The Morgan fingerprint density at radius 1 is 0.875 bits per heavy atom. The van der Waals surface area contributed by atoms with Gasteiger partial charge in [-0.05, 0) is 68.9 Å². The van der Waals surface area contributed by atoms with Crippen LogP contribution in [0.1, 0.15) is 61.8 Å². The summed E-state index contributed by atoms with van der Waals surface area (Å²) in [6.07, 6.45) is 1.05. The van der Waals surface area contributed by atoms with Crippen molar-refractivity contribution in [2.45, 2.75) is 78.5 Å². The molecule has 0 saturated heterocycles. The zero-order chi connectivity index (χ0) is 13.2. The first-order chi connectivity index (χ1) is 6.86. The zero-order valence-corrected chi connectivity index (χ0v) is 12.8. The molecule has 0 amide bonds. The van der Waals surface area contributed by atoms with Crippen LogP contribution in [-0.2, 0) is 4.74 Å². The summed E-state index contributed by atoms with van der Waals surface area (Å²) in [7, 11) is 2.19. The van der Waals surface area contributed by atoms with Gasteiger partial charge < -0.3 is 4.74 Å². The molecule has 2 nitrogen and oxygen atoms in total. The number of ether oxygens (including phenoxy) is 1. The average Bonchev–Trinajstić information content (AvgIpc) is 1.98. The first-order valence-corrected chi connectivity index (χ1v) is 6.24. The van der Waals surface area contributed by atoms with E-state index < -0.39 is 0 Å². The number of hydrogen-bond acceptors (Lipinski definition) is 2. The first-order valence-electron chi connectivity index (χ1n) is 6.24. The van der Waals surface area contributed by atoms with Gasteiger partial charge in [-0.3, -0.25) is 4.90 Å². The zero-order valence-electron chi connectivity index (χ0n) is 12.8. The van der Waals surface area contributed by atoms with Gasteiger partial charge in [-0.15, -0.1) is 0 Å². The molecule has 0 fully saturated rings. The lowest BCUT2D eigenvalue weighted by molar-refractivity contribution is -0.0329. The van der Waals surface area contributed by atoms with Crippen molar-refractivity contribution in [1.82, 2.24) is 4.90 Å². The summed E-state index contributed by atoms with van der Waals surface area (Å²) in [5.74, 6) is 0. The van der Waals surface area contributed by atoms with Crippen LogP contribution in [0.5, 0.6) is 0 Å². The van der Waals surface area contributed by atoms with Crippen LogP contribution >= 0.6 is 0 Å². The third-order valence-corrected chi connectivity index (χ3v) is 3.16. The van der Waals surface area contributed by atoms with Crippen molar-refractivity contribution >= 4 is 0 Å². The minimum Gasteiger partial charge on any atom is -0.376 e. The second-order valence-corrected chi connectivity index (χ2v) is 7.25. The van der Waals surface area contributed by atoms with E-state index in [1.165, 1.54) is 0 Å². The fourth-order valence-corrected chi connectivity index (χ4v) is 1.68. The highest BCUT2D eigenvalue weighted by molar-refractivity contribution is 4.87. The van der Waals surface area contributed by atoms with Crippen LogP contribution in [-0.4, -0.2) is 35.2 Å². The van der Waals surface area contributed by atoms with Crippen LogP contribution in [0.2, 0.25) is 0 Å². The minimum absolute atomic E-state index is 0.0314. The van der Waals surface area contributed by atoms with Crippen LogP contribution < -0.4 is 0 Å². The lowest BCUT2D eigenvalue weighted by Crippen LogP contribution is -2.52. The lowest BCUT2D eigenvalue weighted by Gasteiger charge is -2.45. The fraction of sp³-hybridized carbons (Fsp3) is 1.00. The van der Waals surface area contributed by atoms with Crippen LogP contribution in [0.25, 0.3) is 0 Å². The minimum atomic E-state index is -0.0314. The third-order valence-electron chi connectivity index (χ3n) is 3.16. The van der Waals surface area contributed by atoms with E-state index in [0.29, 0.717) is 0 Å². The van der Waals surface area contributed by atoms with Crippen LogP contribution in [0.4, 0.5) is 0 Å². The molecule has 2 heteroatoms. The quantitative estimate of drug-likeness (QED) is 0.729. The van der Waals surface area contributed by atoms with Crippen molar-refractivity contribution in [3.8, 4) is 0 Å². The number of nitrogens with zero attached hydrogens (tertiary/aromatic N) is 1. The molecule has 0 aliphatic carbocycles. The molecule has 0 rings (SSSR count). The first kappa shape index (κ1) is 15.9. The third kappa shape index (κ3) is 5.86. The Kier molecular flexibility index (Phi) is 5.03. The second-order valence-electron chi connectivity index (χ2n) is 7.25. The van der Waals surface area contributed by atoms with E-state index in [4.69, 9.17) is 4.74 Å². The molecule has 0 atom stereocenters. The second kappa shape index (κ2) is 5.05. The van der Waals surface area contributed by atoms with Gasteiger partial charge in [-0.1, -0.05) is 0 Å². The molecule has 0 unspecified atom stereocenters. The Morgan fingerprint density at radius 3 is 1.62 bits per heavy atom. The maximum atomic E-state index is 5.80. The lowest BCUT2D eigenvalue weighted by atomic mass is 9.93. The summed E-state index contributed by atoms with van der Waals surface area (Å²) in [6, 6.07) is 0. The fourth-order valence-electron chi connectivity index (χ4n) is 1.68. The highest BCUT2D eigenvalue weighted by Gasteiger charge is 2.31. The summed E-state index contributed by atoms with van der Waals surface area (Å²) in [5, 5.41) is 0. The Hall–Kier alpha value is -0.0800. The van der Waals surface area contributed by atoms with Crippen LogP contribution in [0.3, 0.4) is 0 Å². The van der Waals surface area contributed by atoms with Gasteiger partial charge in [0.05, 0.1) is 5.60 Å². The molecule has 0 aromatic carbocycles. The molecule has 0 aromatic heterocycles. The normalized spacial score (nSPS) is 14.6. The average molecular weight is 229 g/mol. The van der Waals surface area contributed by atoms with Gasteiger partial charge >= 0.3 is 0 Å². The summed E-state index contributed by atoms with van der Waals surface area (Å²) < 4.78 is 5.80. The smallest absolute Gasteiger partial charge is 0.0598 e. The molecular weight excluding hydrogens is 198 g/mol. The van der Waals surface area contributed by atoms with Gasteiger partial charge in [0, 0.05) is 17.7 Å². The molecule has 0 aromatic rings. The van der Waals surface area contributed by atoms with Gasteiger partial charge in [0.2, 0.25) is 0 Å². The van der Waals surface area contributed by atoms with Crippen molar-refractivity contribution in [2.24, 2.45) is 0 Å². The van der Waals surface area contributed by atoms with Crippen molar-refractivity contribution in [2.75, 3.05) is 13.7 Å². The monoisotopic (exact) mass is 229 g/mol.